The molecule has 10 N–H and O–H groups in total. The average Bonchev–Trinajstić information content (AvgIpc) is 3.09. The van der Waals surface area contributed by atoms with Crippen LogP contribution in [0, 0.1) is 11.8 Å². The summed E-state index contributed by atoms with van der Waals surface area (Å²) in [4.78, 5) is 86.8. The number of hydrogen-bond acceptors (Lipinski definition) is 15. The molecule has 8 atom stereocenters. The monoisotopic (exact) mass is 720 g/mol. The van der Waals surface area contributed by atoms with Crippen LogP contribution in [0.25, 0.3) is 0 Å². The van der Waals surface area contributed by atoms with E-state index in [-0.39, 0.29) is 23.7 Å². The van der Waals surface area contributed by atoms with Crippen LogP contribution in [0.5, 0.6) is 0 Å². The summed E-state index contributed by atoms with van der Waals surface area (Å²) in [7, 11) is 0. The number of aliphatic hydroxyl groups excluding tert-OH is 4. The molecule has 50 heavy (non-hydrogen) atoms. The van der Waals surface area contributed by atoms with E-state index in [1.165, 1.54) is 18.3 Å². The Labute approximate surface area is 291 Å². The number of ketones is 2. The van der Waals surface area contributed by atoms with Gasteiger partial charge in [0.05, 0.1) is 24.2 Å². The molecule has 0 aliphatic carbocycles. The van der Waals surface area contributed by atoms with Gasteiger partial charge in [-0.2, -0.15) is 12.6 Å². The highest BCUT2D eigenvalue weighted by atomic mass is 32.1. The minimum atomic E-state index is -2.16. The number of thiol groups is 1. The molecule has 0 bridgehead atoms. The normalized spacial score (nSPS) is 20.5. The van der Waals surface area contributed by atoms with Crippen LogP contribution >= 0.6 is 12.6 Å². The van der Waals surface area contributed by atoms with E-state index in [4.69, 9.17) is 10.8 Å². The Morgan fingerprint density at radius 1 is 0.940 bits per heavy atom. The van der Waals surface area contributed by atoms with Gasteiger partial charge in [0.15, 0.2) is 29.7 Å². The molecular formula is C31H40N6O12S. The molecular weight excluding hydrogens is 680 g/mol. The maximum absolute atomic E-state index is 13.0. The number of fused-ring (bicyclic) bond motifs is 1. The highest BCUT2D eigenvalue weighted by Gasteiger charge is 2.38. The molecule has 0 aromatic heterocycles. The third-order valence-corrected chi connectivity index (χ3v) is 8.60. The predicted octanol–water partition coefficient (Wildman–Crippen LogP) is -2.51. The maximum Gasteiger partial charge on any atom is 0.307 e. The molecule has 0 radical (unpaired) electrons. The molecule has 1 aromatic rings. The number of rotatable bonds is 20. The first-order valence-corrected chi connectivity index (χ1v) is 16.2. The average molecular weight is 721 g/mol. The van der Waals surface area contributed by atoms with Gasteiger partial charge in [0.1, 0.15) is 24.4 Å². The number of guanidine groups is 1. The van der Waals surface area contributed by atoms with Gasteiger partial charge < -0.3 is 41.7 Å². The van der Waals surface area contributed by atoms with Crippen LogP contribution in [0.15, 0.2) is 39.2 Å². The number of nitrogens with two attached hydrogens (primary N) is 1. The molecule has 0 saturated carbocycles. The van der Waals surface area contributed by atoms with E-state index in [0.717, 1.165) is 5.56 Å². The lowest BCUT2D eigenvalue weighted by molar-refractivity contribution is -0.145. The fraction of sp³-hybridized carbons (Fsp3) is 0.516. The largest absolute Gasteiger partial charge is 0.481 e. The van der Waals surface area contributed by atoms with E-state index >= 15 is 0 Å². The highest BCUT2D eigenvalue weighted by molar-refractivity contribution is 7.80. The standard InChI is InChI=1S/C31H40N6O12S/c32-31-36-27-24(28(45)37-31)34-18(11-33-27)7-3-14-1-4-15(5-2-14)19(39)9-16(29(46)47)6-8-22(42)35-23(26(44)25(43)21(41)12-38)20(40)10-17(13-50)30(48)49/h1-2,4-5,11,16-17,21,23-27,38,41,43-44,50H,3,6-10,12-13H2,(H,35,42)(H,46,47)(H,48,49)(H3,32,36,37,45)/t16?,17?,21-,23-,24?,25-,26-,27?/m1/s1. The molecule has 0 spiro atoms. The maximum atomic E-state index is 13.0. The molecule has 18 nitrogen and oxygen atoms in total. The van der Waals surface area contributed by atoms with Gasteiger partial charge in [0.2, 0.25) is 5.91 Å². The summed E-state index contributed by atoms with van der Waals surface area (Å²) in [5, 5.41) is 63.0. The van der Waals surface area contributed by atoms with E-state index in [9.17, 15) is 54.3 Å². The van der Waals surface area contributed by atoms with Crippen molar-refractivity contribution in [2.24, 2.45) is 32.5 Å². The second-order valence-corrected chi connectivity index (χ2v) is 12.2. The van der Waals surface area contributed by atoms with Gasteiger partial charge in [-0.3, -0.25) is 44.1 Å². The van der Waals surface area contributed by atoms with Gasteiger partial charge in [-0.1, -0.05) is 24.3 Å². The van der Waals surface area contributed by atoms with Crippen molar-refractivity contribution in [3.63, 3.8) is 0 Å². The minimum Gasteiger partial charge on any atom is -0.481 e. The van der Waals surface area contributed by atoms with Crippen LogP contribution in [-0.2, 0) is 30.4 Å². The summed E-state index contributed by atoms with van der Waals surface area (Å²) in [5.41, 5.74) is 7.18. The van der Waals surface area contributed by atoms with Crippen LogP contribution in [0.2, 0.25) is 0 Å². The zero-order valence-corrected chi connectivity index (χ0v) is 27.6. The number of nitrogens with zero attached hydrogens (tertiary/aromatic N) is 3. The zero-order chi connectivity index (χ0) is 37.1. The van der Waals surface area contributed by atoms with Crippen molar-refractivity contribution < 1.29 is 59.4 Å². The molecule has 272 valence electrons. The lowest BCUT2D eigenvalue weighted by Crippen LogP contribution is -2.56. The molecule has 1 aromatic carbocycles. The zero-order valence-electron chi connectivity index (χ0n) is 26.7. The molecule has 2 heterocycles. The number of amides is 2. The summed E-state index contributed by atoms with van der Waals surface area (Å²) in [6.07, 6.45) is -6.49. The first-order valence-electron chi connectivity index (χ1n) is 15.5. The van der Waals surface area contributed by atoms with Crippen LogP contribution in [-0.4, -0.2) is 133 Å². The van der Waals surface area contributed by atoms with Crippen molar-refractivity contribution in [2.45, 2.75) is 75.1 Å². The van der Waals surface area contributed by atoms with Gasteiger partial charge in [-0.05, 0) is 24.8 Å². The Morgan fingerprint density at radius 2 is 1.60 bits per heavy atom. The van der Waals surface area contributed by atoms with Crippen molar-refractivity contribution in [3.8, 4) is 0 Å². The van der Waals surface area contributed by atoms with Crippen LogP contribution < -0.4 is 16.4 Å². The molecule has 19 heteroatoms. The SMILES string of the molecule is NC1=NC2N=CC(CCc3ccc(C(=O)CC(CCC(=O)N[C@H](C(=O)CC(CS)C(=O)O)[C@@H](O)[C@H](O)[C@H](O)CO)C(=O)O)cc3)=NC2C(=O)N1. The number of hydrogen-bond donors (Lipinski definition) is 10. The smallest absolute Gasteiger partial charge is 0.307 e. The van der Waals surface area contributed by atoms with Crippen molar-refractivity contribution in [2.75, 3.05) is 12.4 Å². The quantitative estimate of drug-likeness (QED) is 0.0492. The first kappa shape index (κ1) is 39.9. The van der Waals surface area contributed by atoms with E-state index in [1.807, 2.05) is 0 Å². The number of carbonyl (C=O) groups is 6. The highest BCUT2D eigenvalue weighted by Crippen LogP contribution is 2.20. The molecule has 4 unspecified atom stereocenters. The van der Waals surface area contributed by atoms with Crippen molar-refractivity contribution >= 4 is 65.8 Å². The molecule has 2 amide bonds. The van der Waals surface area contributed by atoms with Crippen LogP contribution in [0.4, 0.5) is 0 Å². The summed E-state index contributed by atoms with van der Waals surface area (Å²) in [6.45, 7) is -1.00. The summed E-state index contributed by atoms with van der Waals surface area (Å²) < 4.78 is 0. The number of carboxylic acid groups (broad SMARTS) is 2. The number of Topliss-reactive ketones (excluding diaryl/α,β-unsaturated/α-hetero) is 2. The Bertz CT molecular complexity index is 1530. The summed E-state index contributed by atoms with van der Waals surface area (Å²) in [5.74, 6) is -8.56. The topological polar surface area (TPSA) is 311 Å². The van der Waals surface area contributed by atoms with Crippen LogP contribution in [0.1, 0.15) is 48.0 Å². The fourth-order valence-corrected chi connectivity index (χ4v) is 5.43. The van der Waals surface area contributed by atoms with Gasteiger partial charge in [0.25, 0.3) is 5.91 Å². The van der Waals surface area contributed by atoms with E-state index in [1.54, 1.807) is 12.1 Å². The van der Waals surface area contributed by atoms with E-state index in [2.05, 4.69) is 38.2 Å². The van der Waals surface area contributed by atoms with Gasteiger partial charge in [-0.25, -0.2) is 4.99 Å². The van der Waals surface area contributed by atoms with E-state index < -0.39 is 110 Å². The molecule has 2 aliphatic rings. The molecule has 0 fully saturated rings. The lowest BCUT2D eigenvalue weighted by atomic mass is 9.91. The third kappa shape index (κ3) is 11.0. The number of aliphatic imine (C=N–C) groups is 3. The lowest BCUT2D eigenvalue weighted by Gasteiger charge is -2.29. The Hall–Kier alpha value is -4.56. The summed E-state index contributed by atoms with van der Waals surface area (Å²) in [6, 6.07) is 3.71. The molecule has 3 rings (SSSR count). The van der Waals surface area contributed by atoms with Gasteiger partial charge >= 0.3 is 11.9 Å². The van der Waals surface area contributed by atoms with Crippen molar-refractivity contribution in [1.82, 2.24) is 10.6 Å². The Kier molecular flexibility index (Phi) is 14.7. The van der Waals surface area contributed by atoms with Gasteiger partial charge in [-0.15, -0.1) is 0 Å². The number of benzene rings is 1. The minimum absolute atomic E-state index is 0.0203. The van der Waals surface area contributed by atoms with E-state index in [0.29, 0.717) is 18.6 Å². The number of nitrogens with one attached hydrogen (secondary N) is 2. The number of aryl methyl sites for hydroxylation is 1. The Morgan fingerprint density at radius 3 is 2.20 bits per heavy atom. The third-order valence-electron chi connectivity index (χ3n) is 8.15. The van der Waals surface area contributed by atoms with Gasteiger partial charge in [0, 0.05) is 36.8 Å². The van der Waals surface area contributed by atoms with Crippen molar-refractivity contribution in [3.05, 3.63) is 35.4 Å². The molecule has 0 saturated heterocycles. The Balaban J connectivity index is 1.58. The number of aliphatic carboxylic acids is 2. The molecule has 2 aliphatic heterocycles. The van der Waals surface area contributed by atoms with Crippen molar-refractivity contribution in [1.29, 1.82) is 0 Å². The predicted molar refractivity (Wildman–Crippen MR) is 179 cm³/mol. The number of aliphatic hydroxyl groups is 4. The summed E-state index contributed by atoms with van der Waals surface area (Å²) >= 11 is 3.87. The number of carboxylic acids is 2. The number of carbonyl (C=O) groups excluding carboxylic acids is 4. The second-order valence-electron chi connectivity index (χ2n) is 11.8. The first-order chi connectivity index (χ1) is 23.6. The second kappa shape index (κ2) is 18.4. The fourth-order valence-electron chi connectivity index (χ4n) is 5.15. The van der Waals surface area contributed by atoms with Crippen LogP contribution in [0.3, 0.4) is 0 Å².